The summed E-state index contributed by atoms with van der Waals surface area (Å²) < 4.78 is 36.4. The van der Waals surface area contributed by atoms with Crippen LogP contribution in [-0.4, -0.2) is 29.3 Å². The minimum Gasteiger partial charge on any atom is -0.480 e. The van der Waals surface area contributed by atoms with Crippen molar-refractivity contribution in [3.63, 3.8) is 0 Å². The molecule has 5 nitrogen and oxygen atoms in total. The second-order valence-electron chi connectivity index (χ2n) is 3.88. The SMILES string of the molecule is COc1cnc(C(O)c2ccc(F)cc2F)c(OC)n1. The highest BCUT2D eigenvalue weighted by molar-refractivity contribution is 5.33. The second kappa shape index (κ2) is 5.79. The summed E-state index contributed by atoms with van der Waals surface area (Å²) in [7, 11) is 2.74. The Balaban J connectivity index is 2.44. The summed E-state index contributed by atoms with van der Waals surface area (Å²) in [5, 5.41) is 10.2. The first-order valence-electron chi connectivity index (χ1n) is 5.64. The van der Waals surface area contributed by atoms with Gasteiger partial charge in [0.15, 0.2) is 0 Å². The summed E-state index contributed by atoms with van der Waals surface area (Å²) >= 11 is 0. The highest BCUT2D eigenvalue weighted by Crippen LogP contribution is 2.29. The Morgan fingerprint density at radius 2 is 1.95 bits per heavy atom. The van der Waals surface area contributed by atoms with Crippen LogP contribution in [-0.2, 0) is 0 Å². The van der Waals surface area contributed by atoms with Gasteiger partial charge in [-0.3, -0.25) is 0 Å². The van der Waals surface area contributed by atoms with Gasteiger partial charge in [0.25, 0.3) is 0 Å². The number of ether oxygens (including phenoxy) is 2. The maximum Gasteiger partial charge on any atom is 0.241 e. The molecule has 7 heteroatoms. The van der Waals surface area contributed by atoms with E-state index in [1.54, 1.807) is 0 Å². The zero-order chi connectivity index (χ0) is 14.7. The van der Waals surface area contributed by atoms with Crippen molar-refractivity contribution in [2.45, 2.75) is 6.10 Å². The van der Waals surface area contributed by atoms with E-state index < -0.39 is 17.7 Å². The third-order valence-corrected chi connectivity index (χ3v) is 2.66. The van der Waals surface area contributed by atoms with E-state index in [-0.39, 0.29) is 23.0 Å². The van der Waals surface area contributed by atoms with Crippen molar-refractivity contribution in [3.05, 3.63) is 47.3 Å². The summed E-state index contributed by atoms with van der Waals surface area (Å²) in [6.07, 6.45) is -0.161. The average Bonchev–Trinajstić information content (AvgIpc) is 2.46. The van der Waals surface area contributed by atoms with Crippen LogP contribution in [0, 0.1) is 11.6 Å². The van der Waals surface area contributed by atoms with Crippen molar-refractivity contribution in [2.75, 3.05) is 14.2 Å². The molecular weight excluding hydrogens is 270 g/mol. The number of halogens is 2. The van der Waals surface area contributed by atoms with Crippen molar-refractivity contribution in [2.24, 2.45) is 0 Å². The first-order valence-corrected chi connectivity index (χ1v) is 5.64. The molecule has 0 radical (unpaired) electrons. The third-order valence-electron chi connectivity index (χ3n) is 2.66. The van der Waals surface area contributed by atoms with E-state index in [4.69, 9.17) is 9.47 Å². The summed E-state index contributed by atoms with van der Waals surface area (Å²) in [6.45, 7) is 0. The maximum atomic E-state index is 13.7. The molecule has 2 aromatic rings. The van der Waals surface area contributed by atoms with Crippen LogP contribution in [0.25, 0.3) is 0 Å². The van der Waals surface area contributed by atoms with Crippen molar-refractivity contribution in [1.82, 2.24) is 9.97 Å². The van der Waals surface area contributed by atoms with E-state index in [1.165, 1.54) is 20.4 Å². The van der Waals surface area contributed by atoms with E-state index >= 15 is 0 Å². The molecule has 0 spiro atoms. The molecule has 1 aromatic carbocycles. The topological polar surface area (TPSA) is 64.5 Å². The summed E-state index contributed by atoms with van der Waals surface area (Å²) in [5.41, 5.74) is -0.108. The predicted octanol–water partition coefficient (Wildman–Crippen LogP) is 1.85. The number of aliphatic hydroxyl groups excluding tert-OH is 1. The lowest BCUT2D eigenvalue weighted by Crippen LogP contribution is -2.09. The molecule has 0 aliphatic heterocycles. The van der Waals surface area contributed by atoms with Crippen LogP contribution in [0.4, 0.5) is 8.78 Å². The Morgan fingerprint density at radius 1 is 1.20 bits per heavy atom. The third kappa shape index (κ3) is 2.67. The molecule has 0 aliphatic rings. The molecule has 1 heterocycles. The first-order chi connectivity index (χ1) is 9.56. The lowest BCUT2D eigenvalue weighted by Gasteiger charge is -2.14. The van der Waals surface area contributed by atoms with Crippen LogP contribution < -0.4 is 9.47 Å². The first kappa shape index (κ1) is 14.1. The average molecular weight is 282 g/mol. The van der Waals surface area contributed by atoms with E-state index in [0.717, 1.165) is 12.1 Å². The van der Waals surface area contributed by atoms with Gasteiger partial charge in [0, 0.05) is 11.6 Å². The number of rotatable bonds is 4. The maximum absolute atomic E-state index is 13.7. The normalized spacial score (nSPS) is 12.1. The minimum atomic E-state index is -1.43. The zero-order valence-electron chi connectivity index (χ0n) is 10.8. The Hall–Kier alpha value is -2.28. The molecule has 0 fully saturated rings. The Kier molecular flexibility index (Phi) is 4.09. The highest BCUT2D eigenvalue weighted by Gasteiger charge is 2.22. The van der Waals surface area contributed by atoms with Gasteiger partial charge in [-0.1, -0.05) is 6.07 Å². The van der Waals surface area contributed by atoms with Gasteiger partial charge in [0.05, 0.1) is 20.4 Å². The molecular formula is C13H12F2N2O3. The van der Waals surface area contributed by atoms with Crippen molar-refractivity contribution in [3.8, 4) is 11.8 Å². The van der Waals surface area contributed by atoms with Gasteiger partial charge in [-0.15, -0.1) is 0 Å². The van der Waals surface area contributed by atoms with Gasteiger partial charge in [-0.2, -0.15) is 4.98 Å². The number of methoxy groups -OCH3 is 2. The van der Waals surface area contributed by atoms with Gasteiger partial charge in [-0.05, 0) is 6.07 Å². The Labute approximate surface area is 113 Å². The van der Waals surface area contributed by atoms with Crippen molar-refractivity contribution in [1.29, 1.82) is 0 Å². The fraction of sp³-hybridized carbons (Fsp3) is 0.231. The number of benzene rings is 1. The number of hydrogen-bond donors (Lipinski definition) is 1. The molecule has 20 heavy (non-hydrogen) atoms. The fourth-order valence-corrected chi connectivity index (χ4v) is 1.67. The van der Waals surface area contributed by atoms with E-state index in [0.29, 0.717) is 6.07 Å². The lowest BCUT2D eigenvalue weighted by molar-refractivity contribution is 0.201. The zero-order valence-corrected chi connectivity index (χ0v) is 10.8. The molecule has 2 rings (SSSR count). The largest absolute Gasteiger partial charge is 0.480 e. The van der Waals surface area contributed by atoms with E-state index in [1.807, 2.05) is 0 Å². The number of nitrogens with zero attached hydrogens (tertiary/aromatic N) is 2. The molecule has 0 aliphatic carbocycles. The molecule has 1 N–H and O–H groups in total. The van der Waals surface area contributed by atoms with Crippen LogP contribution in [0.1, 0.15) is 17.4 Å². The number of aromatic nitrogens is 2. The summed E-state index contributed by atoms with van der Waals surface area (Å²) in [5.74, 6) is -1.42. The highest BCUT2D eigenvalue weighted by atomic mass is 19.1. The standard InChI is InChI=1S/C13H12F2N2O3/c1-19-10-6-16-11(13(17-10)20-2)12(18)8-4-3-7(14)5-9(8)15/h3-6,12,18H,1-2H3. The van der Waals surface area contributed by atoms with Crippen LogP contribution in [0.2, 0.25) is 0 Å². The molecule has 1 unspecified atom stereocenters. The van der Waals surface area contributed by atoms with Gasteiger partial charge in [-0.25, -0.2) is 13.8 Å². The molecule has 106 valence electrons. The van der Waals surface area contributed by atoms with E-state index in [9.17, 15) is 13.9 Å². The summed E-state index contributed by atoms with van der Waals surface area (Å²) in [4.78, 5) is 7.88. The summed E-state index contributed by atoms with van der Waals surface area (Å²) in [6, 6.07) is 2.87. The minimum absolute atomic E-state index is 0.000532. The smallest absolute Gasteiger partial charge is 0.241 e. The van der Waals surface area contributed by atoms with Crippen LogP contribution in [0.15, 0.2) is 24.4 Å². The van der Waals surface area contributed by atoms with Gasteiger partial charge in [0.2, 0.25) is 11.8 Å². The van der Waals surface area contributed by atoms with E-state index in [2.05, 4.69) is 9.97 Å². The molecule has 0 saturated heterocycles. The number of aliphatic hydroxyl groups is 1. The van der Waals surface area contributed by atoms with Gasteiger partial charge < -0.3 is 14.6 Å². The van der Waals surface area contributed by atoms with Crippen LogP contribution in [0.3, 0.4) is 0 Å². The van der Waals surface area contributed by atoms with Gasteiger partial charge >= 0.3 is 0 Å². The Morgan fingerprint density at radius 3 is 2.55 bits per heavy atom. The predicted molar refractivity (Wildman–Crippen MR) is 65.6 cm³/mol. The second-order valence-corrected chi connectivity index (χ2v) is 3.88. The molecule has 1 aromatic heterocycles. The van der Waals surface area contributed by atoms with Gasteiger partial charge in [0.1, 0.15) is 23.4 Å². The lowest BCUT2D eigenvalue weighted by atomic mass is 10.1. The van der Waals surface area contributed by atoms with Crippen molar-refractivity contribution < 1.29 is 23.4 Å². The molecule has 0 amide bonds. The Bertz CT molecular complexity index is 623. The molecule has 0 bridgehead atoms. The monoisotopic (exact) mass is 282 g/mol. The quantitative estimate of drug-likeness (QED) is 0.927. The van der Waals surface area contributed by atoms with Crippen LogP contribution >= 0.6 is 0 Å². The number of hydrogen-bond acceptors (Lipinski definition) is 5. The van der Waals surface area contributed by atoms with Crippen LogP contribution in [0.5, 0.6) is 11.8 Å². The fourth-order valence-electron chi connectivity index (χ4n) is 1.67. The molecule has 0 saturated carbocycles. The molecule has 1 atom stereocenters. The van der Waals surface area contributed by atoms with Crippen molar-refractivity contribution >= 4 is 0 Å².